The van der Waals surface area contributed by atoms with Crippen LogP contribution in [0.5, 0.6) is 11.5 Å². The lowest BCUT2D eigenvalue weighted by Gasteiger charge is -2.20. The van der Waals surface area contributed by atoms with Gasteiger partial charge in [-0.05, 0) is 43.2 Å². The van der Waals surface area contributed by atoms with Crippen molar-refractivity contribution in [2.75, 3.05) is 18.5 Å². The number of hydrogen-bond acceptors (Lipinski definition) is 6. The average Bonchev–Trinajstić information content (AvgIpc) is 2.68. The molecule has 0 unspecified atom stereocenters. The van der Waals surface area contributed by atoms with Gasteiger partial charge in [-0.1, -0.05) is 12.6 Å². The Morgan fingerprint density at radius 1 is 1.00 bits per heavy atom. The van der Waals surface area contributed by atoms with Crippen LogP contribution in [0.2, 0.25) is 0 Å². The molecule has 3 aromatic rings. The zero-order valence-electron chi connectivity index (χ0n) is 15.3. The van der Waals surface area contributed by atoms with E-state index in [2.05, 4.69) is 26.8 Å². The van der Waals surface area contributed by atoms with Gasteiger partial charge in [-0.15, -0.1) is 0 Å². The van der Waals surface area contributed by atoms with Gasteiger partial charge in [0, 0.05) is 11.8 Å². The van der Waals surface area contributed by atoms with Gasteiger partial charge in [-0.3, -0.25) is 9.97 Å². The van der Waals surface area contributed by atoms with Crippen molar-refractivity contribution in [3.8, 4) is 22.8 Å². The molecule has 1 aliphatic heterocycles. The summed E-state index contributed by atoms with van der Waals surface area (Å²) in [6.45, 7) is 9.20. The van der Waals surface area contributed by atoms with Crippen molar-refractivity contribution in [1.82, 2.24) is 15.0 Å². The summed E-state index contributed by atoms with van der Waals surface area (Å²) in [5, 5.41) is 3.17. The number of anilines is 1. The molecule has 2 aromatic heterocycles. The Morgan fingerprint density at radius 2 is 1.78 bits per heavy atom. The molecule has 1 N–H and O–H groups in total. The largest absolute Gasteiger partial charge is 0.486 e. The fraction of sp³-hybridized carbons (Fsp3) is 0.190. The first-order valence-electron chi connectivity index (χ1n) is 8.72. The highest BCUT2D eigenvalue weighted by Crippen LogP contribution is 2.36. The van der Waals surface area contributed by atoms with Gasteiger partial charge in [0.05, 0.1) is 29.5 Å². The number of pyridine rings is 1. The van der Waals surface area contributed by atoms with Crippen molar-refractivity contribution in [1.29, 1.82) is 0 Å². The molecule has 0 atom stereocenters. The third-order valence-electron chi connectivity index (χ3n) is 4.39. The van der Waals surface area contributed by atoms with Crippen molar-refractivity contribution in [2.45, 2.75) is 13.8 Å². The Kier molecular flexibility index (Phi) is 4.46. The number of aromatic nitrogens is 3. The van der Waals surface area contributed by atoms with E-state index in [1.54, 1.807) is 18.6 Å². The van der Waals surface area contributed by atoms with E-state index in [4.69, 9.17) is 9.47 Å². The number of aryl methyl sites for hydroxylation is 2. The Hall–Kier alpha value is -3.41. The van der Waals surface area contributed by atoms with Crippen LogP contribution in [-0.2, 0) is 0 Å². The SMILES string of the molecule is C=C(Nc1cnc(-c2cc3c(cc2C)OCCO3)cn1)c1ncccc1C. The van der Waals surface area contributed by atoms with E-state index >= 15 is 0 Å². The smallest absolute Gasteiger partial charge is 0.162 e. The Balaban J connectivity index is 1.56. The number of ether oxygens (including phenoxy) is 2. The molecule has 0 spiro atoms. The maximum absolute atomic E-state index is 5.67. The summed E-state index contributed by atoms with van der Waals surface area (Å²) in [6.07, 6.45) is 5.17. The van der Waals surface area contributed by atoms with E-state index in [0.29, 0.717) is 24.7 Å². The first-order chi connectivity index (χ1) is 13.1. The topological polar surface area (TPSA) is 69.2 Å². The maximum atomic E-state index is 5.67. The van der Waals surface area contributed by atoms with Crippen LogP contribution in [0, 0.1) is 13.8 Å². The number of rotatable bonds is 4. The fourth-order valence-corrected chi connectivity index (χ4v) is 3.01. The van der Waals surface area contributed by atoms with E-state index in [9.17, 15) is 0 Å². The minimum atomic E-state index is 0.555. The molecule has 0 bridgehead atoms. The zero-order chi connectivity index (χ0) is 18.8. The minimum Gasteiger partial charge on any atom is -0.486 e. The minimum absolute atomic E-state index is 0.555. The highest BCUT2D eigenvalue weighted by Gasteiger charge is 2.16. The van der Waals surface area contributed by atoms with Crippen molar-refractivity contribution < 1.29 is 9.47 Å². The summed E-state index contributed by atoms with van der Waals surface area (Å²) in [4.78, 5) is 13.4. The van der Waals surface area contributed by atoms with Crippen LogP contribution in [0.25, 0.3) is 17.0 Å². The number of hydrogen-bond donors (Lipinski definition) is 1. The number of nitrogens with zero attached hydrogens (tertiary/aromatic N) is 3. The molecule has 1 aliphatic rings. The summed E-state index contributed by atoms with van der Waals surface area (Å²) in [5.41, 5.74) is 5.35. The molecule has 3 heterocycles. The monoisotopic (exact) mass is 360 g/mol. The van der Waals surface area contributed by atoms with E-state index in [-0.39, 0.29) is 0 Å². The van der Waals surface area contributed by atoms with Crippen LogP contribution in [0.4, 0.5) is 5.82 Å². The third-order valence-corrected chi connectivity index (χ3v) is 4.39. The van der Waals surface area contributed by atoms with Crippen LogP contribution in [0.15, 0.2) is 49.4 Å². The summed E-state index contributed by atoms with van der Waals surface area (Å²) >= 11 is 0. The molecule has 0 aliphatic carbocycles. The normalized spacial score (nSPS) is 12.5. The van der Waals surface area contributed by atoms with Gasteiger partial charge in [-0.25, -0.2) is 4.98 Å². The molecule has 0 fully saturated rings. The molecule has 0 radical (unpaired) electrons. The fourth-order valence-electron chi connectivity index (χ4n) is 3.01. The van der Waals surface area contributed by atoms with Gasteiger partial charge in [0.2, 0.25) is 0 Å². The molecule has 0 saturated carbocycles. The zero-order valence-corrected chi connectivity index (χ0v) is 15.3. The maximum Gasteiger partial charge on any atom is 0.162 e. The van der Waals surface area contributed by atoms with Gasteiger partial charge in [0.1, 0.15) is 19.0 Å². The van der Waals surface area contributed by atoms with Crippen LogP contribution in [0.3, 0.4) is 0 Å². The number of nitrogens with one attached hydrogen (secondary N) is 1. The second kappa shape index (κ2) is 7.07. The number of benzene rings is 1. The van der Waals surface area contributed by atoms with Gasteiger partial charge >= 0.3 is 0 Å². The summed E-state index contributed by atoms with van der Waals surface area (Å²) in [7, 11) is 0. The first kappa shape index (κ1) is 17.0. The standard InChI is InChI=1S/C21H20N4O2/c1-13-5-4-6-22-21(13)15(3)25-20-12-23-17(11-24-20)16-10-19-18(9-14(16)2)26-7-8-27-19/h4-6,9-12H,3,7-8H2,1-2H3,(H,24,25). The Bertz CT molecular complexity index is 1000. The molecule has 0 amide bonds. The van der Waals surface area contributed by atoms with Crippen LogP contribution in [0.1, 0.15) is 16.8 Å². The van der Waals surface area contributed by atoms with Gasteiger partial charge in [0.25, 0.3) is 0 Å². The van der Waals surface area contributed by atoms with Crippen LogP contribution < -0.4 is 14.8 Å². The Morgan fingerprint density at radius 3 is 2.48 bits per heavy atom. The number of fused-ring (bicyclic) bond motifs is 1. The third kappa shape index (κ3) is 3.46. The molecule has 0 saturated heterocycles. The lowest BCUT2D eigenvalue weighted by Crippen LogP contribution is -2.15. The summed E-state index contributed by atoms with van der Waals surface area (Å²) in [5.74, 6) is 2.13. The highest BCUT2D eigenvalue weighted by atomic mass is 16.6. The van der Waals surface area contributed by atoms with Crippen molar-refractivity contribution in [3.05, 3.63) is 66.3 Å². The first-order valence-corrected chi connectivity index (χ1v) is 8.72. The molecular weight excluding hydrogens is 340 g/mol. The second-order valence-corrected chi connectivity index (χ2v) is 6.37. The molecule has 1 aromatic carbocycles. The predicted molar refractivity (Wildman–Crippen MR) is 105 cm³/mol. The van der Waals surface area contributed by atoms with Crippen molar-refractivity contribution in [3.63, 3.8) is 0 Å². The van der Waals surface area contributed by atoms with E-state index in [1.807, 2.05) is 38.1 Å². The van der Waals surface area contributed by atoms with E-state index in [0.717, 1.165) is 39.6 Å². The Labute approximate surface area is 157 Å². The summed E-state index contributed by atoms with van der Waals surface area (Å²) in [6, 6.07) is 7.82. The molecular formula is C21H20N4O2. The predicted octanol–water partition coefficient (Wildman–Crippen LogP) is 4.01. The molecule has 4 rings (SSSR count). The van der Waals surface area contributed by atoms with Crippen molar-refractivity contribution >= 4 is 11.5 Å². The van der Waals surface area contributed by atoms with Gasteiger partial charge in [-0.2, -0.15) is 0 Å². The average molecular weight is 360 g/mol. The van der Waals surface area contributed by atoms with Gasteiger partial charge in [0.15, 0.2) is 11.5 Å². The molecule has 6 heteroatoms. The highest BCUT2D eigenvalue weighted by molar-refractivity contribution is 5.74. The summed E-state index contributed by atoms with van der Waals surface area (Å²) < 4.78 is 11.3. The molecule has 136 valence electrons. The van der Waals surface area contributed by atoms with Crippen molar-refractivity contribution in [2.24, 2.45) is 0 Å². The van der Waals surface area contributed by atoms with Crippen LogP contribution in [-0.4, -0.2) is 28.2 Å². The van der Waals surface area contributed by atoms with E-state index < -0.39 is 0 Å². The lowest BCUT2D eigenvalue weighted by molar-refractivity contribution is 0.171. The molecule has 27 heavy (non-hydrogen) atoms. The lowest BCUT2D eigenvalue weighted by atomic mass is 10.0. The quantitative estimate of drug-likeness (QED) is 0.758. The van der Waals surface area contributed by atoms with Gasteiger partial charge < -0.3 is 14.8 Å². The van der Waals surface area contributed by atoms with Crippen LogP contribution >= 0.6 is 0 Å². The van der Waals surface area contributed by atoms with E-state index in [1.165, 1.54) is 0 Å². The molecule has 6 nitrogen and oxygen atoms in total. The second-order valence-electron chi connectivity index (χ2n) is 6.37.